The lowest BCUT2D eigenvalue weighted by atomic mass is 9.66. The smallest absolute Gasteiger partial charge is 0.292 e. The van der Waals surface area contributed by atoms with Gasteiger partial charge in [0.1, 0.15) is 0 Å². The van der Waals surface area contributed by atoms with Crippen LogP contribution in [0.5, 0.6) is 0 Å². The second kappa shape index (κ2) is 11.3. The van der Waals surface area contributed by atoms with E-state index in [9.17, 15) is 18.0 Å². The third-order valence-corrected chi connectivity index (χ3v) is 10.6. The van der Waals surface area contributed by atoms with Gasteiger partial charge in [-0.15, -0.1) is 0 Å². The van der Waals surface area contributed by atoms with Crippen LogP contribution in [0.3, 0.4) is 0 Å². The van der Waals surface area contributed by atoms with Crippen LogP contribution in [-0.2, 0) is 25.0 Å². The van der Waals surface area contributed by atoms with Gasteiger partial charge in [-0.05, 0) is 76.2 Å². The van der Waals surface area contributed by atoms with Crippen molar-refractivity contribution in [1.29, 1.82) is 0 Å². The minimum absolute atomic E-state index is 0.0198. The molecule has 1 aromatic heterocycles. The van der Waals surface area contributed by atoms with E-state index in [1.54, 1.807) is 0 Å². The number of amides is 1. The normalized spacial score (nSPS) is 27.9. The molecule has 1 aromatic carbocycles. The van der Waals surface area contributed by atoms with Gasteiger partial charge >= 0.3 is 0 Å². The highest BCUT2D eigenvalue weighted by molar-refractivity contribution is 7.90. The fourth-order valence-corrected chi connectivity index (χ4v) is 7.36. The first-order chi connectivity index (χ1) is 19.0. The van der Waals surface area contributed by atoms with Gasteiger partial charge in [-0.3, -0.25) is 25.3 Å². The fraction of sp³-hybridized carbons (Fsp3) is 0.567. The average Bonchev–Trinajstić information content (AvgIpc) is 3.31. The summed E-state index contributed by atoms with van der Waals surface area (Å²) in [5.74, 6) is -1.09. The molecule has 216 valence electrons. The molecule has 2 heterocycles. The Morgan fingerprint density at radius 2 is 1.77 bits per heavy atom. The molecule has 2 aromatic rings. The number of carbonyl (C=O) groups is 2. The summed E-state index contributed by atoms with van der Waals surface area (Å²) < 4.78 is 23.4. The molecule has 2 aliphatic carbocycles. The highest BCUT2D eigenvalue weighted by Crippen LogP contribution is 2.48. The average molecular weight is 568 g/mol. The highest BCUT2D eigenvalue weighted by Gasteiger charge is 2.50. The van der Waals surface area contributed by atoms with Crippen LogP contribution in [-0.4, -0.2) is 61.9 Å². The molecule has 0 bridgehead atoms. The zero-order valence-corrected chi connectivity index (χ0v) is 24.5. The van der Waals surface area contributed by atoms with Crippen LogP contribution in [0.2, 0.25) is 0 Å². The summed E-state index contributed by atoms with van der Waals surface area (Å²) in [5, 5.41) is 2.57. The zero-order valence-electron chi connectivity index (χ0n) is 23.7. The Kier molecular flexibility index (Phi) is 8.16. The van der Waals surface area contributed by atoms with E-state index >= 15 is 0 Å². The molecule has 9 nitrogen and oxygen atoms in total. The summed E-state index contributed by atoms with van der Waals surface area (Å²) in [5.41, 5.74) is 8.54. The number of benzene rings is 1. The second-order valence-corrected chi connectivity index (χ2v) is 14.2. The van der Waals surface area contributed by atoms with E-state index in [4.69, 9.17) is 0 Å². The van der Waals surface area contributed by atoms with Gasteiger partial charge in [0, 0.05) is 29.3 Å². The van der Waals surface area contributed by atoms with E-state index in [0.29, 0.717) is 18.0 Å². The minimum atomic E-state index is -3.45. The summed E-state index contributed by atoms with van der Waals surface area (Å²) in [6, 6.07) is 13.4. The van der Waals surface area contributed by atoms with Crippen molar-refractivity contribution in [1.82, 2.24) is 20.7 Å². The second-order valence-electron chi connectivity index (χ2n) is 12.3. The van der Waals surface area contributed by atoms with Gasteiger partial charge in [-0.1, -0.05) is 49.6 Å². The molecule has 1 saturated heterocycles. The van der Waals surface area contributed by atoms with Crippen molar-refractivity contribution in [3.05, 3.63) is 54.2 Å². The van der Waals surface area contributed by atoms with E-state index in [-0.39, 0.29) is 22.1 Å². The highest BCUT2D eigenvalue weighted by atomic mass is 32.2. The Labute approximate surface area is 237 Å². The molecule has 1 aliphatic heterocycles. The predicted molar refractivity (Wildman–Crippen MR) is 154 cm³/mol. The molecule has 1 spiro atoms. The largest absolute Gasteiger partial charge is 0.318 e. The Balaban J connectivity index is 1.27. The third-order valence-electron chi connectivity index (χ3n) is 9.57. The van der Waals surface area contributed by atoms with Gasteiger partial charge in [0.2, 0.25) is 5.78 Å². The van der Waals surface area contributed by atoms with Crippen LogP contribution >= 0.6 is 0 Å². The number of ketones is 1. The molecule has 1 amide bonds. The molecule has 10 heteroatoms. The number of rotatable bonds is 9. The van der Waals surface area contributed by atoms with Crippen LogP contribution in [0.1, 0.15) is 63.4 Å². The maximum atomic E-state index is 13.6. The van der Waals surface area contributed by atoms with Crippen LogP contribution in [0.25, 0.3) is 0 Å². The Morgan fingerprint density at radius 1 is 1.07 bits per heavy atom. The summed E-state index contributed by atoms with van der Waals surface area (Å²) >= 11 is 0. The first kappa shape index (κ1) is 28.9. The van der Waals surface area contributed by atoms with Crippen LogP contribution in [0, 0.1) is 11.8 Å². The van der Waals surface area contributed by atoms with Crippen LogP contribution in [0.4, 0.5) is 5.69 Å². The molecular formula is C30H41N5O4S. The molecule has 3 aliphatic rings. The van der Waals surface area contributed by atoms with Crippen molar-refractivity contribution in [3.63, 3.8) is 0 Å². The van der Waals surface area contributed by atoms with Gasteiger partial charge in [0.05, 0.1) is 11.9 Å². The maximum absolute atomic E-state index is 13.6. The molecule has 1 unspecified atom stereocenters. The molecule has 3 fully saturated rings. The number of sulfone groups is 1. The van der Waals surface area contributed by atoms with Crippen molar-refractivity contribution >= 4 is 27.2 Å². The number of nitrogens with zero attached hydrogens (tertiary/aromatic N) is 2. The molecular weight excluding hydrogens is 526 g/mol. The molecule has 5 rings (SSSR count). The lowest BCUT2D eigenvalue weighted by Gasteiger charge is -2.49. The number of hydrogen-bond donors (Lipinski definition) is 3. The first-order valence-corrected chi connectivity index (χ1v) is 16.2. The predicted octanol–water partition coefficient (Wildman–Crippen LogP) is 3.44. The van der Waals surface area contributed by atoms with Crippen LogP contribution < -0.4 is 16.2 Å². The standard InChI is InChI=1S/C30H41N5O4S/c1-35(2)30(22-10-5-4-6-11-22)16-14-29(15-17-30)19-25(33-34-29)24(18-21-8-7-9-21)27(36)28(37)32-23-12-13-26(31-20-23)40(3,38)39/h4-6,10-13,20-21,24-25,33-34H,7-9,14-19H2,1-3H3,(H,32,37)/t24?,25-,29?,30?/m0/s1. The van der Waals surface area contributed by atoms with Crippen molar-refractivity contribution in [3.8, 4) is 0 Å². The number of nitrogens with one attached hydrogen (secondary N) is 3. The van der Waals surface area contributed by atoms with Gasteiger partial charge in [0.25, 0.3) is 5.91 Å². The first-order valence-electron chi connectivity index (χ1n) is 14.3. The lowest BCUT2D eigenvalue weighted by Crippen LogP contribution is -2.53. The van der Waals surface area contributed by atoms with Crippen molar-refractivity contribution in [2.24, 2.45) is 11.8 Å². The number of pyridine rings is 1. The Morgan fingerprint density at radius 3 is 2.33 bits per heavy atom. The van der Waals surface area contributed by atoms with Crippen molar-refractivity contribution in [2.45, 2.75) is 79.9 Å². The lowest BCUT2D eigenvalue weighted by molar-refractivity contribution is -0.138. The zero-order chi connectivity index (χ0) is 28.5. The topological polar surface area (TPSA) is 121 Å². The van der Waals surface area contributed by atoms with E-state index in [1.165, 1.54) is 30.3 Å². The number of hydrogen-bond acceptors (Lipinski definition) is 8. The van der Waals surface area contributed by atoms with Gasteiger partial charge < -0.3 is 5.32 Å². The molecule has 40 heavy (non-hydrogen) atoms. The summed E-state index contributed by atoms with van der Waals surface area (Å²) in [6.45, 7) is 0. The van der Waals surface area contributed by atoms with Crippen molar-refractivity contribution < 1.29 is 18.0 Å². The Hall–Kier alpha value is -2.66. The number of aromatic nitrogens is 1. The van der Waals surface area contributed by atoms with E-state index in [0.717, 1.165) is 51.2 Å². The monoisotopic (exact) mass is 567 g/mol. The number of anilines is 1. The quantitative estimate of drug-likeness (QED) is 0.394. The SMILES string of the molecule is CN(C)C1(c2ccccc2)CCC2(CC1)C[C@@H](C(CC1CCC1)C(=O)C(=O)Nc1ccc(S(C)(=O)=O)nc1)NN2. The van der Waals surface area contributed by atoms with Crippen LogP contribution in [0.15, 0.2) is 53.7 Å². The van der Waals surface area contributed by atoms with E-state index in [1.807, 2.05) is 0 Å². The van der Waals surface area contributed by atoms with E-state index in [2.05, 4.69) is 70.5 Å². The number of hydrazine groups is 1. The summed E-state index contributed by atoms with van der Waals surface area (Å²) in [6.07, 6.45) is 11.1. The molecule has 2 saturated carbocycles. The summed E-state index contributed by atoms with van der Waals surface area (Å²) in [7, 11) is 0.865. The molecule has 2 atom stereocenters. The molecule has 3 N–H and O–H groups in total. The maximum Gasteiger partial charge on any atom is 0.292 e. The van der Waals surface area contributed by atoms with Gasteiger partial charge in [0.15, 0.2) is 14.9 Å². The van der Waals surface area contributed by atoms with Gasteiger partial charge in [-0.25, -0.2) is 13.4 Å². The fourth-order valence-electron chi connectivity index (χ4n) is 6.80. The van der Waals surface area contributed by atoms with Gasteiger partial charge in [-0.2, -0.15) is 0 Å². The number of Topliss-reactive ketones (excluding diaryl/α,β-unsaturated/α-hetero) is 1. The van der Waals surface area contributed by atoms with E-state index < -0.39 is 27.4 Å². The third kappa shape index (κ3) is 5.86. The summed E-state index contributed by atoms with van der Waals surface area (Å²) in [4.78, 5) is 33.0. The molecule has 0 radical (unpaired) electrons. The minimum Gasteiger partial charge on any atom is -0.318 e. The Bertz CT molecular complexity index is 1320. The van der Waals surface area contributed by atoms with Crippen molar-refractivity contribution in [2.75, 3.05) is 25.7 Å². The number of carbonyl (C=O) groups excluding carboxylic acids is 2.